The van der Waals surface area contributed by atoms with Crippen LogP contribution in [0.3, 0.4) is 0 Å². The molecule has 2 heterocycles. The summed E-state index contributed by atoms with van der Waals surface area (Å²) in [7, 11) is 0. The van der Waals surface area contributed by atoms with Crippen LogP contribution in [0.4, 0.5) is 11.4 Å². The van der Waals surface area contributed by atoms with E-state index in [2.05, 4.69) is 57.5 Å². The molecule has 2 amide bonds. The Bertz CT molecular complexity index is 1360. The fourth-order valence-corrected chi connectivity index (χ4v) is 5.63. The second-order valence-corrected chi connectivity index (χ2v) is 13.0. The van der Waals surface area contributed by atoms with E-state index in [1.165, 1.54) is 4.90 Å². The van der Waals surface area contributed by atoms with Gasteiger partial charge in [-0.05, 0) is 76.1 Å². The summed E-state index contributed by atoms with van der Waals surface area (Å²) in [5.74, 6) is -1.16. The van der Waals surface area contributed by atoms with Gasteiger partial charge in [0.15, 0.2) is 6.10 Å². The van der Waals surface area contributed by atoms with Crippen LogP contribution in [0, 0.1) is 5.92 Å². The molecule has 0 unspecified atom stereocenters. The Morgan fingerprint density at radius 2 is 1.34 bits per heavy atom. The number of aromatic hydroxyl groups is 1. The minimum atomic E-state index is -0.957. The lowest BCUT2D eigenvalue weighted by Gasteiger charge is -2.33. The Balaban J connectivity index is 1.70. The summed E-state index contributed by atoms with van der Waals surface area (Å²) in [4.78, 5) is 35.2. The third-order valence-electron chi connectivity index (χ3n) is 7.30. The lowest BCUT2D eigenvalue weighted by molar-refractivity contribution is -0.126. The summed E-state index contributed by atoms with van der Waals surface area (Å²) in [5.41, 5.74) is 2.97. The van der Waals surface area contributed by atoms with E-state index in [4.69, 9.17) is 4.84 Å². The number of benzene rings is 3. The normalized spacial score (nSPS) is 21.8. The molecule has 0 radical (unpaired) electrons. The molecule has 0 saturated carbocycles. The fraction of sp³-hybridized carbons (Fsp3) is 0.355. The molecule has 0 bridgehead atoms. The van der Waals surface area contributed by atoms with Crippen molar-refractivity contribution in [2.24, 2.45) is 5.92 Å². The standard InChI is InChI=1S/C31H33BrN2O4/c1-30(2,3)22-16-18(17-23(26(22)35)31(4,5)6)25-24-27(38-34(25)21-10-8-7-9-11-21)29(37)33(28(24)36)20-14-12-19(32)13-15-20/h7-17,24-25,27,35H,1-6H3/t24-,25-,27-/m0/s1. The highest BCUT2D eigenvalue weighted by molar-refractivity contribution is 9.10. The number of hydroxylamine groups is 1. The van der Waals surface area contributed by atoms with Gasteiger partial charge in [0.1, 0.15) is 11.7 Å². The first-order chi connectivity index (χ1) is 17.8. The lowest BCUT2D eigenvalue weighted by Crippen LogP contribution is -2.37. The maximum absolute atomic E-state index is 14.0. The average Bonchev–Trinajstić information content (AvgIpc) is 3.35. The van der Waals surface area contributed by atoms with Crippen LogP contribution in [0.15, 0.2) is 71.2 Å². The van der Waals surface area contributed by atoms with Crippen molar-refractivity contribution in [3.05, 3.63) is 87.9 Å². The number of carbonyl (C=O) groups is 2. The molecule has 198 valence electrons. The van der Waals surface area contributed by atoms with Crippen molar-refractivity contribution in [3.8, 4) is 5.75 Å². The fourth-order valence-electron chi connectivity index (χ4n) is 5.37. The summed E-state index contributed by atoms with van der Waals surface area (Å²) >= 11 is 3.42. The highest BCUT2D eigenvalue weighted by Crippen LogP contribution is 2.50. The zero-order valence-corrected chi connectivity index (χ0v) is 24.1. The van der Waals surface area contributed by atoms with E-state index < -0.39 is 18.1 Å². The van der Waals surface area contributed by atoms with Crippen molar-refractivity contribution in [2.75, 3.05) is 9.96 Å². The largest absolute Gasteiger partial charge is 0.507 e. The van der Waals surface area contributed by atoms with E-state index >= 15 is 0 Å². The summed E-state index contributed by atoms with van der Waals surface area (Å²) in [6, 6.07) is 20.0. The van der Waals surface area contributed by atoms with Gasteiger partial charge in [0, 0.05) is 4.47 Å². The number of nitrogens with zero attached hydrogens (tertiary/aromatic N) is 2. The molecular weight excluding hydrogens is 544 g/mol. The number of carbonyl (C=O) groups excluding carboxylic acids is 2. The molecule has 0 spiro atoms. The molecule has 0 aliphatic carbocycles. The molecule has 3 aromatic carbocycles. The molecule has 2 fully saturated rings. The predicted molar refractivity (Wildman–Crippen MR) is 152 cm³/mol. The van der Waals surface area contributed by atoms with Crippen LogP contribution >= 0.6 is 15.9 Å². The molecule has 2 saturated heterocycles. The Labute approximate surface area is 232 Å². The number of fused-ring (bicyclic) bond motifs is 1. The van der Waals surface area contributed by atoms with Crippen molar-refractivity contribution >= 4 is 39.1 Å². The highest BCUT2D eigenvalue weighted by atomic mass is 79.9. The second-order valence-electron chi connectivity index (χ2n) is 12.1. The zero-order valence-electron chi connectivity index (χ0n) is 22.5. The van der Waals surface area contributed by atoms with Gasteiger partial charge < -0.3 is 5.11 Å². The molecule has 6 nitrogen and oxygen atoms in total. The van der Waals surface area contributed by atoms with Gasteiger partial charge in [0.2, 0.25) is 5.91 Å². The van der Waals surface area contributed by atoms with E-state index in [1.54, 1.807) is 17.2 Å². The van der Waals surface area contributed by atoms with Crippen LogP contribution in [0.5, 0.6) is 5.75 Å². The van der Waals surface area contributed by atoms with Gasteiger partial charge in [0.25, 0.3) is 5.91 Å². The maximum atomic E-state index is 14.0. The third-order valence-corrected chi connectivity index (χ3v) is 7.83. The van der Waals surface area contributed by atoms with E-state index in [-0.39, 0.29) is 28.4 Å². The zero-order chi connectivity index (χ0) is 27.6. The van der Waals surface area contributed by atoms with Gasteiger partial charge in [-0.1, -0.05) is 75.7 Å². The van der Waals surface area contributed by atoms with Crippen LogP contribution in [-0.4, -0.2) is 23.0 Å². The van der Waals surface area contributed by atoms with Crippen molar-refractivity contribution < 1.29 is 19.5 Å². The van der Waals surface area contributed by atoms with Crippen molar-refractivity contribution in [1.82, 2.24) is 0 Å². The summed E-state index contributed by atoms with van der Waals surface area (Å²) in [5, 5.41) is 13.0. The Morgan fingerprint density at radius 3 is 1.87 bits per heavy atom. The van der Waals surface area contributed by atoms with Gasteiger partial charge in [0.05, 0.1) is 17.4 Å². The molecule has 1 N–H and O–H groups in total. The predicted octanol–water partition coefficient (Wildman–Crippen LogP) is 6.80. The van der Waals surface area contributed by atoms with Crippen molar-refractivity contribution in [1.29, 1.82) is 0 Å². The number of hydrogen-bond donors (Lipinski definition) is 1. The Morgan fingerprint density at radius 1 is 0.789 bits per heavy atom. The molecule has 5 rings (SSSR count). The first-order valence-corrected chi connectivity index (χ1v) is 13.6. The Kier molecular flexibility index (Phi) is 6.43. The van der Waals surface area contributed by atoms with Gasteiger partial charge in [-0.15, -0.1) is 0 Å². The minimum Gasteiger partial charge on any atom is -0.507 e. The number of rotatable bonds is 3. The topological polar surface area (TPSA) is 70.1 Å². The average molecular weight is 578 g/mol. The number of phenols is 1. The van der Waals surface area contributed by atoms with E-state index in [1.807, 2.05) is 54.6 Å². The van der Waals surface area contributed by atoms with E-state index in [9.17, 15) is 14.7 Å². The highest BCUT2D eigenvalue weighted by Gasteiger charge is 2.60. The number of imide groups is 1. The maximum Gasteiger partial charge on any atom is 0.266 e. The van der Waals surface area contributed by atoms with Crippen LogP contribution in [0.1, 0.15) is 64.3 Å². The van der Waals surface area contributed by atoms with Crippen molar-refractivity contribution in [2.45, 2.75) is 64.5 Å². The quantitative estimate of drug-likeness (QED) is 0.347. The molecule has 2 aliphatic rings. The molecule has 0 aromatic heterocycles. The Hall–Kier alpha value is -3.16. The van der Waals surface area contributed by atoms with Gasteiger partial charge in [-0.25, -0.2) is 9.96 Å². The summed E-state index contributed by atoms with van der Waals surface area (Å²) in [6.45, 7) is 12.3. The third kappa shape index (κ3) is 4.41. The second kappa shape index (κ2) is 9.24. The number of hydrogen-bond acceptors (Lipinski definition) is 5. The van der Waals surface area contributed by atoms with Crippen molar-refractivity contribution in [3.63, 3.8) is 0 Å². The monoisotopic (exact) mass is 576 g/mol. The molecular formula is C31H33BrN2O4. The van der Waals surface area contributed by atoms with Gasteiger partial charge in [-0.2, -0.15) is 0 Å². The number of halogens is 1. The number of amides is 2. The van der Waals surface area contributed by atoms with Gasteiger partial charge >= 0.3 is 0 Å². The smallest absolute Gasteiger partial charge is 0.266 e. The first-order valence-electron chi connectivity index (χ1n) is 12.8. The molecule has 3 aromatic rings. The summed E-state index contributed by atoms with van der Waals surface area (Å²) in [6.07, 6.45) is -0.957. The van der Waals surface area contributed by atoms with Crippen LogP contribution in [-0.2, 0) is 25.3 Å². The summed E-state index contributed by atoms with van der Waals surface area (Å²) < 4.78 is 0.860. The minimum absolute atomic E-state index is 0.265. The molecule has 38 heavy (non-hydrogen) atoms. The number of para-hydroxylation sites is 1. The van der Waals surface area contributed by atoms with Gasteiger partial charge in [-0.3, -0.25) is 14.4 Å². The number of anilines is 2. The van der Waals surface area contributed by atoms with Crippen LogP contribution in [0.25, 0.3) is 0 Å². The van der Waals surface area contributed by atoms with Crippen LogP contribution in [0.2, 0.25) is 0 Å². The molecule has 7 heteroatoms. The lowest BCUT2D eigenvalue weighted by atomic mass is 9.76. The van der Waals surface area contributed by atoms with E-state index in [0.29, 0.717) is 5.69 Å². The number of phenolic OH excluding ortho intramolecular Hbond substituents is 1. The van der Waals surface area contributed by atoms with E-state index in [0.717, 1.165) is 26.9 Å². The molecule has 2 aliphatic heterocycles. The first kappa shape index (κ1) is 26.4. The SMILES string of the molecule is CC(C)(C)c1cc([C@H]2[C@@H]3C(=O)N(c4ccc(Br)cc4)C(=O)[C@H]3ON2c2ccccc2)cc(C(C)(C)C)c1O. The molecule has 3 atom stereocenters. The van der Waals surface area contributed by atoms with Crippen LogP contribution < -0.4 is 9.96 Å².